The molecule has 184 valence electrons. The average molecular weight is 498 g/mol. The molecule has 1 fully saturated rings. The number of ether oxygens (including phenoxy) is 1. The van der Waals surface area contributed by atoms with Crippen molar-refractivity contribution in [1.82, 2.24) is 4.31 Å². The van der Waals surface area contributed by atoms with Gasteiger partial charge in [-0.05, 0) is 63.8 Å². The third-order valence-corrected chi connectivity index (χ3v) is 9.04. The first kappa shape index (κ1) is 23.5. The molecule has 2 aromatic rings. The maximum atomic E-state index is 14.1. The number of carbonyl (C=O) groups excluding carboxylic acids is 1. The Balaban J connectivity index is 1.71. The third-order valence-electron chi connectivity index (χ3n) is 7.11. The molecule has 9 nitrogen and oxygen atoms in total. The molecular formula is C25H27N3O6S. The first-order valence-electron chi connectivity index (χ1n) is 11.5. The van der Waals surface area contributed by atoms with E-state index in [9.17, 15) is 23.3 Å². The predicted octanol–water partition coefficient (Wildman–Crippen LogP) is 4.73. The smallest absolute Gasteiger partial charge is 0.416 e. The molecule has 35 heavy (non-hydrogen) atoms. The van der Waals surface area contributed by atoms with Crippen LogP contribution >= 0.6 is 0 Å². The molecule has 0 radical (unpaired) electrons. The predicted molar refractivity (Wildman–Crippen MR) is 130 cm³/mol. The van der Waals surface area contributed by atoms with Crippen LogP contribution in [0, 0.1) is 10.1 Å². The van der Waals surface area contributed by atoms with Gasteiger partial charge in [0.05, 0.1) is 20.9 Å². The van der Waals surface area contributed by atoms with E-state index in [1.54, 1.807) is 20.8 Å². The Morgan fingerprint density at radius 1 is 1.09 bits per heavy atom. The van der Waals surface area contributed by atoms with Crippen LogP contribution in [0.5, 0.6) is 0 Å². The number of allylic oxidation sites excluding steroid dienone is 1. The number of non-ortho nitro benzene ring substituents is 1. The zero-order chi connectivity index (χ0) is 25.2. The van der Waals surface area contributed by atoms with Crippen molar-refractivity contribution >= 4 is 27.5 Å². The van der Waals surface area contributed by atoms with E-state index in [1.807, 2.05) is 30.3 Å². The Morgan fingerprint density at radius 2 is 1.77 bits per heavy atom. The van der Waals surface area contributed by atoms with Crippen LogP contribution in [0.2, 0.25) is 0 Å². The molecule has 3 aliphatic rings. The van der Waals surface area contributed by atoms with Crippen LogP contribution in [0.1, 0.15) is 45.6 Å². The lowest BCUT2D eigenvalue weighted by Gasteiger charge is -2.49. The van der Waals surface area contributed by atoms with Crippen molar-refractivity contribution in [2.45, 2.75) is 61.6 Å². The maximum Gasteiger partial charge on any atom is 0.416 e. The van der Waals surface area contributed by atoms with Crippen LogP contribution in [0.3, 0.4) is 0 Å². The van der Waals surface area contributed by atoms with Crippen molar-refractivity contribution < 1.29 is 22.9 Å². The van der Waals surface area contributed by atoms with Gasteiger partial charge in [-0.15, -0.1) is 0 Å². The molecule has 2 aliphatic heterocycles. The number of fused-ring (bicyclic) bond motifs is 1. The van der Waals surface area contributed by atoms with Gasteiger partial charge in [0, 0.05) is 18.7 Å². The average Bonchev–Trinajstić information content (AvgIpc) is 3.27. The van der Waals surface area contributed by atoms with Gasteiger partial charge in [-0.1, -0.05) is 30.4 Å². The summed E-state index contributed by atoms with van der Waals surface area (Å²) in [7, 11) is -4.12. The number of nitro groups is 1. The highest BCUT2D eigenvalue weighted by molar-refractivity contribution is 7.89. The molecule has 0 spiro atoms. The van der Waals surface area contributed by atoms with E-state index in [0.29, 0.717) is 24.9 Å². The number of anilines is 1. The zero-order valence-electron chi connectivity index (χ0n) is 19.8. The molecule has 0 saturated carbocycles. The van der Waals surface area contributed by atoms with Crippen LogP contribution in [0.4, 0.5) is 16.2 Å². The van der Waals surface area contributed by atoms with E-state index in [2.05, 4.69) is 6.08 Å². The summed E-state index contributed by atoms with van der Waals surface area (Å²) in [6.45, 7) is 5.52. The Labute approximate surface area is 204 Å². The quantitative estimate of drug-likeness (QED) is 0.344. The van der Waals surface area contributed by atoms with Gasteiger partial charge in [-0.3, -0.25) is 15.0 Å². The minimum absolute atomic E-state index is 0.0528. The Bertz CT molecular complexity index is 1350. The van der Waals surface area contributed by atoms with Crippen LogP contribution in [0.15, 0.2) is 65.6 Å². The monoisotopic (exact) mass is 497 g/mol. The van der Waals surface area contributed by atoms with E-state index < -0.39 is 37.7 Å². The topological polar surface area (TPSA) is 110 Å². The lowest BCUT2D eigenvalue weighted by Crippen LogP contribution is -2.66. The van der Waals surface area contributed by atoms with E-state index in [0.717, 1.165) is 5.56 Å². The van der Waals surface area contributed by atoms with Crippen LogP contribution in [-0.2, 0) is 20.2 Å². The molecule has 10 heteroatoms. The maximum absolute atomic E-state index is 14.1. The number of hydrogen-bond donors (Lipinski definition) is 0. The molecule has 1 amide bonds. The fourth-order valence-electron chi connectivity index (χ4n) is 5.87. The Morgan fingerprint density at radius 3 is 2.43 bits per heavy atom. The van der Waals surface area contributed by atoms with Crippen molar-refractivity contribution in [1.29, 1.82) is 0 Å². The van der Waals surface area contributed by atoms with Crippen LogP contribution in [-0.4, -0.2) is 41.5 Å². The second-order valence-electron chi connectivity index (χ2n) is 10.1. The highest BCUT2D eigenvalue weighted by Gasteiger charge is 2.71. The van der Waals surface area contributed by atoms with Gasteiger partial charge in [-0.25, -0.2) is 13.2 Å². The van der Waals surface area contributed by atoms with Crippen LogP contribution < -0.4 is 4.90 Å². The molecule has 2 heterocycles. The highest BCUT2D eigenvalue weighted by Crippen LogP contribution is 2.64. The second-order valence-corrected chi connectivity index (χ2v) is 12.0. The van der Waals surface area contributed by atoms with Crippen molar-refractivity contribution in [2.75, 3.05) is 11.4 Å². The fourth-order valence-corrected chi connectivity index (χ4v) is 7.67. The highest BCUT2D eigenvalue weighted by atomic mass is 32.2. The standard InChI is InChI=1S/C25H27N3O6S/c1-23(2,3)34-22(29)27-21-9-5-4-8-20(21)24-14-6-7-15-25(24,27)26(17-16-24)35(32,33)19-12-10-18(11-13-19)28(30)31/h4-6,8-14H,7,15-17H2,1-3H3/t24-,25+/m0/s1. The number of para-hydroxylation sites is 1. The van der Waals surface area contributed by atoms with E-state index >= 15 is 0 Å². The first-order valence-corrected chi connectivity index (χ1v) is 13.0. The van der Waals surface area contributed by atoms with Gasteiger partial charge < -0.3 is 4.74 Å². The minimum atomic E-state index is -4.12. The summed E-state index contributed by atoms with van der Waals surface area (Å²) in [4.78, 5) is 25.7. The summed E-state index contributed by atoms with van der Waals surface area (Å²) in [5.41, 5.74) is -1.40. The molecular weight excluding hydrogens is 470 g/mol. The van der Waals surface area contributed by atoms with Crippen LogP contribution in [0.25, 0.3) is 0 Å². The van der Waals surface area contributed by atoms with Crippen molar-refractivity contribution in [2.24, 2.45) is 0 Å². The number of sulfonamides is 1. The van der Waals surface area contributed by atoms with Gasteiger partial charge in [0.25, 0.3) is 5.69 Å². The van der Waals surface area contributed by atoms with Gasteiger partial charge >= 0.3 is 6.09 Å². The first-order chi connectivity index (χ1) is 16.4. The fraction of sp³-hybridized carbons (Fsp3) is 0.400. The van der Waals surface area contributed by atoms with Gasteiger partial charge in [0.1, 0.15) is 11.3 Å². The zero-order valence-corrected chi connectivity index (χ0v) is 20.6. The minimum Gasteiger partial charge on any atom is -0.443 e. The van der Waals surface area contributed by atoms with Crippen molar-refractivity contribution in [3.8, 4) is 0 Å². The molecule has 0 bridgehead atoms. The molecule has 0 unspecified atom stereocenters. The lowest BCUT2D eigenvalue weighted by molar-refractivity contribution is -0.384. The third kappa shape index (κ3) is 3.23. The van der Waals surface area contributed by atoms with E-state index in [4.69, 9.17) is 4.74 Å². The summed E-state index contributed by atoms with van der Waals surface area (Å²) >= 11 is 0. The van der Waals surface area contributed by atoms with E-state index in [1.165, 1.54) is 33.5 Å². The summed E-state index contributed by atoms with van der Waals surface area (Å²) in [6, 6.07) is 12.4. The summed E-state index contributed by atoms with van der Waals surface area (Å²) in [5, 5.41) is 11.1. The van der Waals surface area contributed by atoms with Crippen molar-refractivity contribution in [3.05, 3.63) is 76.4 Å². The number of amides is 1. The molecule has 1 saturated heterocycles. The second kappa shape index (κ2) is 7.63. The number of nitrogens with zero attached hydrogens (tertiary/aromatic N) is 3. The summed E-state index contributed by atoms with van der Waals surface area (Å²) in [6.07, 6.45) is 4.96. The molecule has 5 rings (SSSR count). The molecule has 0 aromatic heterocycles. The normalized spacial score (nSPS) is 25.6. The lowest BCUT2D eigenvalue weighted by atomic mass is 9.68. The number of carbonyl (C=O) groups is 1. The largest absolute Gasteiger partial charge is 0.443 e. The summed E-state index contributed by atoms with van der Waals surface area (Å²) < 4.78 is 35.3. The number of nitro benzene ring substituents is 1. The molecule has 2 atom stereocenters. The molecule has 0 N–H and O–H groups in total. The van der Waals surface area contributed by atoms with E-state index in [-0.39, 0.29) is 17.1 Å². The number of rotatable bonds is 3. The summed E-state index contributed by atoms with van der Waals surface area (Å²) in [5.74, 6) is 0. The van der Waals surface area contributed by atoms with Gasteiger partial charge in [0.15, 0.2) is 0 Å². The van der Waals surface area contributed by atoms with Crippen molar-refractivity contribution in [3.63, 3.8) is 0 Å². The Kier molecular flexibility index (Phi) is 5.12. The number of hydrogen-bond acceptors (Lipinski definition) is 6. The molecule has 2 aromatic carbocycles. The molecule has 1 aliphatic carbocycles. The van der Waals surface area contributed by atoms with Gasteiger partial charge in [0.2, 0.25) is 10.0 Å². The number of benzene rings is 2. The SMILES string of the molecule is CC(C)(C)OC(=O)N1c2ccccc2[C@@]23C=CCC[C@@]12N(S(=O)(=O)c1ccc([N+](=O)[O-])cc1)CC3. The Hall–Kier alpha value is -3.24. The van der Waals surface area contributed by atoms with Gasteiger partial charge in [-0.2, -0.15) is 4.31 Å².